The van der Waals surface area contributed by atoms with Crippen molar-refractivity contribution in [3.8, 4) is 0 Å². The molecule has 0 rings (SSSR count). The molecular formula is C10H22Cl3P. The number of alkyl halides is 2. The molecule has 0 saturated carbocycles. The molecule has 14 heavy (non-hydrogen) atoms. The summed E-state index contributed by atoms with van der Waals surface area (Å²) in [4.78, 5) is 0. The molecule has 0 aliphatic rings. The first kappa shape index (κ1) is 17.7. The van der Waals surface area contributed by atoms with Crippen LogP contribution in [0.2, 0.25) is 0 Å². The van der Waals surface area contributed by atoms with Gasteiger partial charge >= 0.3 is 0 Å². The fourth-order valence-corrected chi connectivity index (χ4v) is 2.44. The highest BCUT2D eigenvalue weighted by Gasteiger charge is 2.14. The lowest BCUT2D eigenvalue weighted by Gasteiger charge is -2.14. The van der Waals surface area contributed by atoms with Crippen LogP contribution < -0.4 is 0 Å². The van der Waals surface area contributed by atoms with E-state index in [9.17, 15) is 0 Å². The Labute approximate surface area is 105 Å². The largest absolute Gasteiger partial charge is 0.127 e. The van der Waals surface area contributed by atoms with Crippen LogP contribution in [0.25, 0.3) is 0 Å². The lowest BCUT2D eigenvalue weighted by atomic mass is 10.3. The summed E-state index contributed by atoms with van der Waals surface area (Å²) < 4.78 is 0. The molecule has 0 fully saturated rings. The lowest BCUT2D eigenvalue weighted by Crippen LogP contribution is -1.94. The van der Waals surface area contributed by atoms with Gasteiger partial charge in [0.1, 0.15) is 0 Å². The first-order chi connectivity index (χ1) is 6.47. The van der Waals surface area contributed by atoms with Gasteiger partial charge in [0.25, 0.3) is 0 Å². The second-order valence-corrected chi connectivity index (χ2v) is 8.41. The van der Waals surface area contributed by atoms with Gasteiger partial charge in [-0.2, -0.15) is 0 Å². The maximum absolute atomic E-state index is 5.88. The third-order valence-electron chi connectivity index (χ3n) is 1.57. The van der Waals surface area contributed by atoms with Crippen molar-refractivity contribution < 1.29 is 0 Å². The highest BCUT2D eigenvalue weighted by molar-refractivity contribution is 7.86. The van der Waals surface area contributed by atoms with E-state index in [2.05, 4.69) is 20.8 Å². The second-order valence-electron chi connectivity index (χ2n) is 3.41. The number of halogens is 3. The average Bonchev–Trinajstić information content (AvgIpc) is 2.14. The molecule has 0 nitrogen and oxygen atoms in total. The molecule has 0 aliphatic carbocycles. The third kappa shape index (κ3) is 13.3. The minimum Gasteiger partial charge on any atom is -0.127 e. The van der Waals surface area contributed by atoms with E-state index in [0.29, 0.717) is 5.66 Å². The molecule has 0 aromatic rings. The summed E-state index contributed by atoms with van der Waals surface area (Å²) in [6, 6.07) is 0. The number of unbranched alkanes of at least 4 members (excludes halogenated alkanes) is 2. The van der Waals surface area contributed by atoms with Crippen molar-refractivity contribution in [3.05, 3.63) is 0 Å². The Morgan fingerprint density at radius 3 is 1.71 bits per heavy atom. The Hall–Kier alpha value is 1.30. The molecule has 88 valence electrons. The zero-order chi connectivity index (χ0) is 11.6. The maximum atomic E-state index is 5.88. The topological polar surface area (TPSA) is 0 Å². The fourth-order valence-electron chi connectivity index (χ4n) is 0.755. The van der Waals surface area contributed by atoms with E-state index in [4.69, 9.17) is 34.4 Å². The predicted octanol–water partition coefficient (Wildman–Crippen LogP) is 6.03. The third-order valence-corrected chi connectivity index (χ3v) is 6.48. The van der Waals surface area contributed by atoms with Gasteiger partial charge in [-0.3, -0.25) is 0 Å². The number of hydrogen-bond acceptors (Lipinski definition) is 0. The average molecular weight is 280 g/mol. The molecule has 2 unspecified atom stereocenters. The normalized spacial score (nSPS) is 14.6. The number of hydrogen-bond donors (Lipinski definition) is 0. The Kier molecular flexibility index (Phi) is 15.6. The quantitative estimate of drug-likeness (QED) is 0.327. The second kappa shape index (κ2) is 12.4. The Morgan fingerprint density at radius 1 is 1.14 bits per heavy atom. The van der Waals surface area contributed by atoms with Crippen LogP contribution in [0.5, 0.6) is 0 Å². The SMILES string of the molecule is CC(C)P(Cl)C(C)Cl.CCCCCCl. The lowest BCUT2D eigenvalue weighted by molar-refractivity contribution is 0.776. The Balaban J connectivity index is 0. The smallest absolute Gasteiger partial charge is 0.0648 e. The zero-order valence-corrected chi connectivity index (χ0v) is 12.7. The van der Waals surface area contributed by atoms with Gasteiger partial charge in [-0.15, -0.1) is 23.2 Å². The minimum atomic E-state index is -0.461. The molecule has 0 spiro atoms. The minimum absolute atomic E-state index is 0.145. The number of rotatable bonds is 5. The fraction of sp³-hybridized carbons (Fsp3) is 1.00. The van der Waals surface area contributed by atoms with Gasteiger partial charge in [-0.25, -0.2) is 0 Å². The molecule has 0 heterocycles. The van der Waals surface area contributed by atoms with Crippen LogP contribution in [-0.2, 0) is 0 Å². The van der Waals surface area contributed by atoms with E-state index in [-0.39, 0.29) is 5.12 Å². The molecule has 0 radical (unpaired) electrons. The van der Waals surface area contributed by atoms with Gasteiger partial charge in [0, 0.05) is 13.2 Å². The van der Waals surface area contributed by atoms with Gasteiger partial charge in [0.05, 0.1) is 5.12 Å². The predicted molar refractivity (Wildman–Crippen MR) is 73.5 cm³/mol. The van der Waals surface area contributed by atoms with Crippen LogP contribution in [0.15, 0.2) is 0 Å². The van der Waals surface area contributed by atoms with Crippen molar-refractivity contribution in [2.24, 2.45) is 0 Å². The summed E-state index contributed by atoms with van der Waals surface area (Å²) in [7, 11) is -0.461. The maximum Gasteiger partial charge on any atom is 0.0648 e. The molecule has 0 aliphatic heterocycles. The van der Waals surface area contributed by atoms with E-state index >= 15 is 0 Å². The summed E-state index contributed by atoms with van der Waals surface area (Å²) in [5, 5.41) is 0.145. The van der Waals surface area contributed by atoms with Crippen molar-refractivity contribution in [2.75, 3.05) is 5.88 Å². The Morgan fingerprint density at radius 2 is 1.64 bits per heavy atom. The van der Waals surface area contributed by atoms with E-state index in [1.807, 2.05) is 6.92 Å². The van der Waals surface area contributed by atoms with E-state index in [1.165, 1.54) is 19.3 Å². The van der Waals surface area contributed by atoms with Crippen LogP contribution in [-0.4, -0.2) is 16.7 Å². The van der Waals surface area contributed by atoms with Gasteiger partial charge < -0.3 is 0 Å². The molecule has 0 aromatic carbocycles. The van der Waals surface area contributed by atoms with Crippen molar-refractivity contribution in [1.82, 2.24) is 0 Å². The van der Waals surface area contributed by atoms with Gasteiger partial charge in [0.15, 0.2) is 0 Å². The van der Waals surface area contributed by atoms with Crippen molar-refractivity contribution >= 4 is 41.7 Å². The summed E-state index contributed by atoms with van der Waals surface area (Å²) >= 11 is 17.0. The molecular weight excluding hydrogens is 257 g/mol. The summed E-state index contributed by atoms with van der Waals surface area (Å²) in [5.41, 5.74) is 0.541. The van der Waals surface area contributed by atoms with E-state index in [0.717, 1.165) is 5.88 Å². The molecule has 0 aromatic heterocycles. The van der Waals surface area contributed by atoms with Crippen LogP contribution in [0, 0.1) is 0 Å². The summed E-state index contributed by atoms with van der Waals surface area (Å²) in [5.74, 6) is 0.827. The standard InChI is InChI=1S/C5H11Cl2P.C5H11Cl/c1-4(2)8(7)5(3)6;1-2-3-4-5-6/h4-5H,1-3H3;2-5H2,1H3. The zero-order valence-electron chi connectivity index (χ0n) is 9.56. The Bertz CT molecular complexity index is 95.5. The molecule has 2 atom stereocenters. The molecule has 0 amide bonds. The molecule has 4 heteroatoms. The van der Waals surface area contributed by atoms with Crippen molar-refractivity contribution in [1.29, 1.82) is 0 Å². The molecule has 0 N–H and O–H groups in total. The summed E-state index contributed by atoms with van der Waals surface area (Å²) in [6.07, 6.45) is 3.73. The van der Waals surface area contributed by atoms with Crippen LogP contribution >= 0.6 is 41.7 Å². The van der Waals surface area contributed by atoms with E-state index in [1.54, 1.807) is 0 Å². The molecule has 0 saturated heterocycles. The van der Waals surface area contributed by atoms with Gasteiger partial charge in [0.2, 0.25) is 0 Å². The molecule has 0 bridgehead atoms. The van der Waals surface area contributed by atoms with Crippen molar-refractivity contribution in [2.45, 2.75) is 57.7 Å². The first-order valence-electron chi connectivity index (χ1n) is 5.11. The first-order valence-corrected chi connectivity index (χ1v) is 8.47. The highest BCUT2D eigenvalue weighted by atomic mass is 35.7. The monoisotopic (exact) mass is 278 g/mol. The van der Waals surface area contributed by atoms with Crippen LogP contribution in [0.1, 0.15) is 47.0 Å². The van der Waals surface area contributed by atoms with Crippen LogP contribution in [0.4, 0.5) is 0 Å². The highest BCUT2D eigenvalue weighted by Crippen LogP contribution is 2.52. The summed E-state index contributed by atoms with van der Waals surface area (Å²) in [6.45, 7) is 8.31. The van der Waals surface area contributed by atoms with Crippen LogP contribution in [0.3, 0.4) is 0 Å². The van der Waals surface area contributed by atoms with E-state index < -0.39 is 7.27 Å². The van der Waals surface area contributed by atoms with Crippen molar-refractivity contribution in [3.63, 3.8) is 0 Å². The van der Waals surface area contributed by atoms with Gasteiger partial charge in [-0.05, 0) is 19.0 Å². The van der Waals surface area contributed by atoms with Gasteiger partial charge in [-0.1, -0.05) is 44.9 Å².